The largest absolute Gasteiger partial charge is 0.486 e. The van der Waals surface area contributed by atoms with Crippen LogP contribution in [0.25, 0.3) is 0 Å². The number of ether oxygens (including phenoxy) is 2. The molecule has 3 nitrogen and oxygen atoms in total. The van der Waals surface area contributed by atoms with Crippen LogP contribution in [0, 0.1) is 12.8 Å². The molecule has 0 radical (unpaired) electrons. The molecule has 0 amide bonds. The first-order chi connectivity index (χ1) is 9.25. The summed E-state index contributed by atoms with van der Waals surface area (Å²) in [6.07, 6.45) is 3.68. The highest BCUT2D eigenvalue weighted by molar-refractivity contribution is 9.10. The highest BCUT2D eigenvalue weighted by Crippen LogP contribution is 2.42. The minimum atomic E-state index is 0.638. The van der Waals surface area contributed by atoms with Crippen molar-refractivity contribution in [2.45, 2.75) is 26.2 Å². The molecular formula is C15H20BrNO2. The number of halogens is 1. The van der Waals surface area contributed by atoms with Crippen LogP contribution in [-0.2, 0) is 6.42 Å². The third kappa shape index (κ3) is 2.75. The summed E-state index contributed by atoms with van der Waals surface area (Å²) in [6.45, 7) is 5.73. The van der Waals surface area contributed by atoms with Gasteiger partial charge in [0.15, 0.2) is 11.5 Å². The number of rotatable bonds is 2. The Bertz CT molecular complexity index is 470. The van der Waals surface area contributed by atoms with Crippen LogP contribution in [-0.4, -0.2) is 26.3 Å². The SMILES string of the molecule is Cc1c(CC2CCNCC2)cc(Br)c2c1OCCO2. The number of nitrogens with one attached hydrogen (secondary N) is 1. The van der Waals surface area contributed by atoms with Crippen LogP contribution >= 0.6 is 15.9 Å². The topological polar surface area (TPSA) is 30.5 Å². The summed E-state index contributed by atoms with van der Waals surface area (Å²) in [4.78, 5) is 0. The van der Waals surface area contributed by atoms with Gasteiger partial charge in [-0.05, 0) is 78.3 Å². The number of fused-ring (bicyclic) bond motifs is 1. The van der Waals surface area contributed by atoms with Crippen molar-refractivity contribution in [1.82, 2.24) is 5.32 Å². The van der Waals surface area contributed by atoms with E-state index in [1.54, 1.807) is 0 Å². The van der Waals surface area contributed by atoms with Crippen LogP contribution in [0.15, 0.2) is 10.5 Å². The van der Waals surface area contributed by atoms with Gasteiger partial charge in [0.25, 0.3) is 0 Å². The maximum atomic E-state index is 5.80. The summed E-state index contributed by atoms with van der Waals surface area (Å²) < 4.78 is 12.5. The Labute approximate surface area is 122 Å². The lowest BCUT2D eigenvalue weighted by molar-refractivity contribution is 0.169. The van der Waals surface area contributed by atoms with Crippen LogP contribution < -0.4 is 14.8 Å². The molecular weight excluding hydrogens is 306 g/mol. The van der Waals surface area contributed by atoms with Crippen LogP contribution in [0.4, 0.5) is 0 Å². The van der Waals surface area contributed by atoms with Crippen molar-refractivity contribution in [2.75, 3.05) is 26.3 Å². The van der Waals surface area contributed by atoms with Crippen molar-refractivity contribution in [3.05, 3.63) is 21.7 Å². The Morgan fingerprint density at radius 2 is 1.89 bits per heavy atom. The van der Waals surface area contributed by atoms with E-state index >= 15 is 0 Å². The van der Waals surface area contributed by atoms with Crippen LogP contribution in [0.2, 0.25) is 0 Å². The minimum absolute atomic E-state index is 0.638. The molecule has 1 aromatic rings. The highest BCUT2D eigenvalue weighted by Gasteiger charge is 2.22. The third-order valence-electron chi connectivity index (χ3n) is 4.09. The Hall–Kier alpha value is -0.740. The summed E-state index contributed by atoms with van der Waals surface area (Å²) in [6, 6.07) is 2.21. The van der Waals surface area contributed by atoms with E-state index < -0.39 is 0 Å². The van der Waals surface area contributed by atoms with E-state index in [-0.39, 0.29) is 0 Å². The second-order valence-electron chi connectivity index (χ2n) is 5.40. The first-order valence-electron chi connectivity index (χ1n) is 7.04. The van der Waals surface area contributed by atoms with Gasteiger partial charge in [0, 0.05) is 0 Å². The third-order valence-corrected chi connectivity index (χ3v) is 4.68. The zero-order valence-electron chi connectivity index (χ0n) is 11.3. The second kappa shape index (κ2) is 5.71. The predicted octanol–water partition coefficient (Wildman–Crippen LogP) is 3.07. The number of benzene rings is 1. The smallest absolute Gasteiger partial charge is 0.175 e. The van der Waals surface area contributed by atoms with Crippen molar-refractivity contribution in [3.63, 3.8) is 0 Å². The highest BCUT2D eigenvalue weighted by atomic mass is 79.9. The van der Waals surface area contributed by atoms with E-state index in [1.165, 1.54) is 24.0 Å². The summed E-state index contributed by atoms with van der Waals surface area (Å²) in [5.74, 6) is 2.59. The molecule has 19 heavy (non-hydrogen) atoms. The molecule has 0 spiro atoms. The summed E-state index contributed by atoms with van der Waals surface area (Å²) in [5.41, 5.74) is 2.64. The van der Waals surface area contributed by atoms with Gasteiger partial charge < -0.3 is 14.8 Å². The Balaban J connectivity index is 1.86. The average molecular weight is 326 g/mol. The molecule has 1 N–H and O–H groups in total. The molecule has 104 valence electrons. The van der Waals surface area contributed by atoms with Gasteiger partial charge in [0.05, 0.1) is 4.47 Å². The maximum Gasteiger partial charge on any atom is 0.175 e. The molecule has 0 aromatic heterocycles. The van der Waals surface area contributed by atoms with Gasteiger partial charge in [0.1, 0.15) is 13.2 Å². The van der Waals surface area contributed by atoms with Gasteiger partial charge >= 0.3 is 0 Å². The molecule has 0 saturated carbocycles. The van der Waals surface area contributed by atoms with E-state index in [4.69, 9.17) is 9.47 Å². The van der Waals surface area contributed by atoms with Crippen molar-refractivity contribution in [2.24, 2.45) is 5.92 Å². The minimum Gasteiger partial charge on any atom is -0.486 e. The van der Waals surface area contributed by atoms with Gasteiger partial charge in [-0.1, -0.05) is 0 Å². The molecule has 2 heterocycles. The van der Waals surface area contributed by atoms with Crippen molar-refractivity contribution < 1.29 is 9.47 Å². The maximum absolute atomic E-state index is 5.80. The lowest BCUT2D eigenvalue weighted by Crippen LogP contribution is -2.28. The van der Waals surface area contributed by atoms with Gasteiger partial charge in [-0.25, -0.2) is 0 Å². The molecule has 0 atom stereocenters. The van der Waals surface area contributed by atoms with Gasteiger partial charge in [0.2, 0.25) is 0 Å². The molecule has 3 rings (SSSR count). The van der Waals surface area contributed by atoms with Gasteiger partial charge in [-0.2, -0.15) is 0 Å². The summed E-state index contributed by atoms with van der Waals surface area (Å²) in [5, 5.41) is 3.42. The Morgan fingerprint density at radius 3 is 2.63 bits per heavy atom. The number of hydrogen-bond acceptors (Lipinski definition) is 3. The molecule has 2 aliphatic rings. The van der Waals surface area contributed by atoms with E-state index in [1.807, 2.05) is 0 Å². The average Bonchev–Trinajstić information content (AvgIpc) is 2.46. The first kappa shape index (κ1) is 13.3. The zero-order chi connectivity index (χ0) is 13.2. The lowest BCUT2D eigenvalue weighted by atomic mass is 9.89. The van der Waals surface area contributed by atoms with E-state index in [0.29, 0.717) is 13.2 Å². The number of hydrogen-bond donors (Lipinski definition) is 1. The predicted molar refractivity (Wildman–Crippen MR) is 79.2 cm³/mol. The molecule has 1 saturated heterocycles. The molecule has 0 unspecified atom stereocenters. The quantitative estimate of drug-likeness (QED) is 0.906. The Morgan fingerprint density at radius 1 is 1.21 bits per heavy atom. The van der Waals surface area contributed by atoms with Crippen LogP contribution in [0.3, 0.4) is 0 Å². The molecule has 1 aromatic carbocycles. The van der Waals surface area contributed by atoms with E-state index in [2.05, 4.69) is 34.2 Å². The van der Waals surface area contributed by atoms with E-state index in [0.717, 1.165) is 41.4 Å². The standard InChI is InChI=1S/C15H20BrNO2/c1-10-12(8-11-2-4-17-5-3-11)9-13(16)15-14(10)18-6-7-19-15/h9,11,17H,2-8H2,1H3. The fourth-order valence-electron chi connectivity index (χ4n) is 2.96. The van der Waals surface area contributed by atoms with Crippen molar-refractivity contribution >= 4 is 15.9 Å². The second-order valence-corrected chi connectivity index (χ2v) is 6.25. The molecule has 2 aliphatic heterocycles. The fourth-order valence-corrected chi connectivity index (χ4v) is 3.53. The van der Waals surface area contributed by atoms with E-state index in [9.17, 15) is 0 Å². The normalized spacial score (nSPS) is 19.5. The summed E-state index contributed by atoms with van der Waals surface area (Å²) >= 11 is 3.61. The van der Waals surface area contributed by atoms with Crippen LogP contribution in [0.1, 0.15) is 24.0 Å². The van der Waals surface area contributed by atoms with Crippen molar-refractivity contribution in [1.29, 1.82) is 0 Å². The lowest BCUT2D eigenvalue weighted by Gasteiger charge is -2.26. The monoisotopic (exact) mass is 325 g/mol. The summed E-state index contributed by atoms with van der Waals surface area (Å²) in [7, 11) is 0. The molecule has 4 heteroatoms. The Kier molecular flexibility index (Phi) is 3.99. The van der Waals surface area contributed by atoms with Crippen LogP contribution in [0.5, 0.6) is 11.5 Å². The number of piperidine rings is 1. The first-order valence-corrected chi connectivity index (χ1v) is 7.83. The fraction of sp³-hybridized carbons (Fsp3) is 0.600. The van der Waals surface area contributed by atoms with Crippen molar-refractivity contribution in [3.8, 4) is 11.5 Å². The molecule has 0 aliphatic carbocycles. The molecule has 1 fully saturated rings. The zero-order valence-corrected chi connectivity index (χ0v) is 12.9. The van der Waals surface area contributed by atoms with Gasteiger partial charge in [-0.15, -0.1) is 0 Å². The van der Waals surface area contributed by atoms with Gasteiger partial charge in [-0.3, -0.25) is 0 Å². The molecule has 0 bridgehead atoms.